The van der Waals surface area contributed by atoms with Crippen molar-refractivity contribution in [2.24, 2.45) is 12.8 Å². The number of amides is 1. The van der Waals surface area contributed by atoms with E-state index in [9.17, 15) is 22.4 Å². The summed E-state index contributed by atoms with van der Waals surface area (Å²) < 4.78 is 64.3. The van der Waals surface area contributed by atoms with Gasteiger partial charge in [0.25, 0.3) is 5.91 Å². The van der Waals surface area contributed by atoms with E-state index < -0.39 is 52.9 Å². The first kappa shape index (κ1) is 23.8. The highest BCUT2D eigenvalue weighted by atomic mass is 19.1. The molecule has 0 aliphatic carbocycles. The molecule has 0 unspecified atom stereocenters. The molecule has 4 rings (SSSR count). The molecule has 34 heavy (non-hydrogen) atoms. The van der Waals surface area contributed by atoms with Crippen molar-refractivity contribution in [3.05, 3.63) is 64.9 Å². The number of nitrogens with zero attached hydrogens (tertiary/aromatic N) is 3. The molecule has 11 heteroatoms. The number of carbonyl (C=O) groups excluding carboxylic acids is 1. The van der Waals surface area contributed by atoms with Crippen LogP contribution in [0.2, 0.25) is 0 Å². The Bertz CT molecular complexity index is 1200. The van der Waals surface area contributed by atoms with E-state index in [-0.39, 0.29) is 18.0 Å². The average molecular weight is 477 g/mol. The smallest absolute Gasteiger partial charge is 0.274 e. The van der Waals surface area contributed by atoms with Gasteiger partial charge in [0.05, 0.1) is 29.7 Å². The Labute approximate surface area is 192 Å². The molecule has 3 heterocycles. The molecular weight excluding hydrogens is 454 g/mol. The van der Waals surface area contributed by atoms with E-state index in [1.165, 1.54) is 17.8 Å². The van der Waals surface area contributed by atoms with E-state index in [0.29, 0.717) is 24.1 Å². The molecule has 3 aromatic rings. The Morgan fingerprint density at radius 1 is 1.18 bits per heavy atom. The molecular formula is C23H23F4N5O2. The van der Waals surface area contributed by atoms with Crippen molar-refractivity contribution < 1.29 is 27.1 Å². The molecule has 1 aliphatic heterocycles. The maximum atomic E-state index is 14.4. The van der Waals surface area contributed by atoms with Gasteiger partial charge in [0.1, 0.15) is 41.1 Å². The molecule has 7 nitrogen and oxygen atoms in total. The monoisotopic (exact) mass is 477 g/mol. The summed E-state index contributed by atoms with van der Waals surface area (Å²) >= 11 is 0. The Balaban J connectivity index is 1.62. The highest BCUT2D eigenvalue weighted by Crippen LogP contribution is 2.33. The predicted octanol–water partition coefficient (Wildman–Crippen LogP) is 3.98. The molecule has 1 aromatic carbocycles. The Morgan fingerprint density at radius 2 is 1.88 bits per heavy atom. The van der Waals surface area contributed by atoms with Crippen LogP contribution in [0.4, 0.5) is 23.2 Å². The van der Waals surface area contributed by atoms with Crippen LogP contribution in [-0.2, 0) is 11.8 Å². The molecule has 0 saturated carbocycles. The minimum atomic E-state index is -1.30. The summed E-state index contributed by atoms with van der Waals surface area (Å²) in [6.07, 6.45) is 0.302. The van der Waals surface area contributed by atoms with Crippen molar-refractivity contribution in [1.82, 2.24) is 14.8 Å². The third kappa shape index (κ3) is 4.66. The fraction of sp³-hybridized carbons (Fsp3) is 0.348. The van der Waals surface area contributed by atoms with Gasteiger partial charge >= 0.3 is 0 Å². The van der Waals surface area contributed by atoms with E-state index in [4.69, 9.17) is 10.5 Å². The minimum Gasteiger partial charge on any atom is -0.369 e. The third-order valence-corrected chi connectivity index (χ3v) is 5.72. The summed E-state index contributed by atoms with van der Waals surface area (Å²) in [6.45, 7) is 1.30. The number of carbonyl (C=O) groups is 1. The topological polar surface area (TPSA) is 95.1 Å². The number of aromatic nitrogens is 3. The molecule has 3 atom stereocenters. The standard InChI is InChI=1S/C23H23F4N5O2/c1-11-7-13(25)20(14(26)8-11)21-12(24)3-5-17(30-21)23(33)31-18-9-29-32(2)22(18)19-6-4-16(28)15(27)10-34-19/h3,5,7-9,15-16,19H,4,6,10,28H2,1-2H3,(H,31,33)/t15-,16-,19+/m1/s1. The zero-order valence-electron chi connectivity index (χ0n) is 18.5. The van der Waals surface area contributed by atoms with Crippen LogP contribution >= 0.6 is 0 Å². The quantitative estimate of drug-likeness (QED) is 0.555. The van der Waals surface area contributed by atoms with Gasteiger partial charge in [0.15, 0.2) is 0 Å². The molecule has 2 aromatic heterocycles. The number of hydrogen-bond acceptors (Lipinski definition) is 5. The van der Waals surface area contributed by atoms with Crippen LogP contribution in [0.5, 0.6) is 0 Å². The van der Waals surface area contributed by atoms with Gasteiger partial charge in [-0.3, -0.25) is 9.48 Å². The van der Waals surface area contributed by atoms with Crippen molar-refractivity contribution >= 4 is 11.6 Å². The summed E-state index contributed by atoms with van der Waals surface area (Å²) in [5.74, 6) is -3.72. The minimum absolute atomic E-state index is 0.193. The lowest BCUT2D eigenvalue weighted by atomic mass is 10.0. The van der Waals surface area contributed by atoms with Crippen LogP contribution in [0.25, 0.3) is 11.3 Å². The summed E-state index contributed by atoms with van der Waals surface area (Å²) in [7, 11) is 1.64. The molecule has 180 valence electrons. The number of alkyl halides is 1. The molecule has 0 spiro atoms. The second kappa shape index (κ2) is 9.51. The second-order valence-corrected chi connectivity index (χ2v) is 8.23. The average Bonchev–Trinajstić information content (AvgIpc) is 3.04. The summed E-state index contributed by atoms with van der Waals surface area (Å²) in [5, 5.41) is 6.76. The van der Waals surface area contributed by atoms with E-state index in [1.54, 1.807) is 7.05 Å². The van der Waals surface area contributed by atoms with Crippen molar-refractivity contribution in [2.45, 2.75) is 38.1 Å². The molecule has 0 radical (unpaired) electrons. The first-order chi connectivity index (χ1) is 16.2. The lowest BCUT2D eigenvalue weighted by Crippen LogP contribution is -2.32. The third-order valence-electron chi connectivity index (χ3n) is 5.72. The summed E-state index contributed by atoms with van der Waals surface area (Å²) in [5.41, 5.74) is 5.33. The van der Waals surface area contributed by atoms with E-state index in [0.717, 1.165) is 24.3 Å². The Morgan fingerprint density at radius 3 is 2.59 bits per heavy atom. The SMILES string of the molecule is Cc1cc(F)c(-c2nc(C(=O)Nc3cnn(C)c3[C@@H]3CC[C@@H](N)[C@H](F)CO3)ccc2F)c(F)c1. The zero-order valence-corrected chi connectivity index (χ0v) is 18.5. The maximum absolute atomic E-state index is 14.4. The molecule has 1 aliphatic rings. The largest absolute Gasteiger partial charge is 0.369 e. The van der Waals surface area contributed by atoms with Crippen LogP contribution in [-0.4, -0.2) is 39.5 Å². The van der Waals surface area contributed by atoms with Crippen LogP contribution < -0.4 is 11.1 Å². The Hall–Kier alpha value is -3.31. The van der Waals surface area contributed by atoms with Crippen LogP contribution in [0.15, 0.2) is 30.5 Å². The first-order valence-corrected chi connectivity index (χ1v) is 10.6. The van der Waals surface area contributed by atoms with Crippen molar-refractivity contribution in [2.75, 3.05) is 11.9 Å². The van der Waals surface area contributed by atoms with E-state index >= 15 is 0 Å². The fourth-order valence-electron chi connectivity index (χ4n) is 3.94. The molecule has 1 fully saturated rings. The van der Waals surface area contributed by atoms with Crippen LogP contribution in [0, 0.1) is 24.4 Å². The number of nitrogens with one attached hydrogen (secondary N) is 1. The number of halogens is 4. The van der Waals surface area contributed by atoms with Gasteiger partial charge in [-0.15, -0.1) is 0 Å². The number of hydrogen-bond donors (Lipinski definition) is 2. The van der Waals surface area contributed by atoms with Gasteiger partial charge in [-0.05, 0) is 49.6 Å². The molecule has 1 amide bonds. The zero-order chi connectivity index (χ0) is 24.6. The molecule has 3 N–H and O–H groups in total. The normalized spacial score (nSPS) is 20.7. The number of aryl methyl sites for hydroxylation is 2. The van der Waals surface area contributed by atoms with Gasteiger partial charge in [-0.2, -0.15) is 5.10 Å². The lowest BCUT2D eigenvalue weighted by molar-refractivity contribution is 0.0247. The fourth-order valence-corrected chi connectivity index (χ4v) is 3.94. The summed E-state index contributed by atoms with van der Waals surface area (Å²) in [6, 6.07) is 3.46. The van der Waals surface area contributed by atoms with Crippen LogP contribution in [0.3, 0.4) is 0 Å². The maximum Gasteiger partial charge on any atom is 0.274 e. The predicted molar refractivity (Wildman–Crippen MR) is 116 cm³/mol. The summed E-state index contributed by atoms with van der Waals surface area (Å²) in [4.78, 5) is 16.8. The molecule has 0 bridgehead atoms. The van der Waals surface area contributed by atoms with Gasteiger partial charge in [0, 0.05) is 13.1 Å². The number of nitrogens with two attached hydrogens (primary N) is 1. The number of benzene rings is 1. The van der Waals surface area contributed by atoms with Gasteiger partial charge < -0.3 is 15.8 Å². The number of pyridine rings is 1. The van der Waals surface area contributed by atoms with Gasteiger partial charge in [-0.25, -0.2) is 22.5 Å². The van der Waals surface area contributed by atoms with Gasteiger partial charge in [0.2, 0.25) is 0 Å². The lowest BCUT2D eigenvalue weighted by Gasteiger charge is -2.17. The molecule has 1 saturated heterocycles. The van der Waals surface area contributed by atoms with Crippen molar-refractivity contribution in [3.8, 4) is 11.3 Å². The first-order valence-electron chi connectivity index (χ1n) is 10.6. The van der Waals surface area contributed by atoms with Crippen LogP contribution in [0.1, 0.15) is 40.7 Å². The highest BCUT2D eigenvalue weighted by molar-refractivity contribution is 6.03. The number of ether oxygens (including phenoxy) is 1. The Kier molecular flexibility index (Phi) is 6.67. The van der Waals surface area contributed by atoms with Crippen molar-refractivity contribution in [3.63, 3.8) is 0 Å². The van der Waals surface area contributed by atoms with E-state index in [2.05, 4.69) is 15.4 Å². The van der Waals surface area contributed by atoms with Gasteiger partial charge in [-0.1, -0.05) is 0 Å². The highest BCUT2D eigenvalue weighted by Gasteiger charge is 2.30. The van der Waals surface area contributed by atoms with Crippen molar-refractivity contribution in [1.29, 1.82) is 0 Å². The number of anilines is 1. The van der Waals surface area contributed by atoms with E-state index in [1.807, 2.05) is 0 Å². The number of rotatable bonds is 4. The second-order valence-electron chi connectivity index (χ2n) is 8.23.